The third-order valence-electron chi connectivity index (χ3n) is 7.45. The fraction of sp³-hybridized carbons (Fsp3) is 0.429. The molecule has 0 saturated heterocycles. The predicted octanol–water partition coefficient (Wildman–Crippen LogP) is 8.52. The van der Waals surface area contributed by atoms with E-state index in [9.17, 15) is 0 Å². The van der Waals surface area contributed by atoms with Gasteiger partial charge in [0.2, 0.25) is 0 Å². The lowest BCUT2D eigenvalue weighted by Gasteiger charge is -2.30. The molecule has 0 radical (unpaired) electrons. The fourth-order valence-electron chi connectivity index (χ4n) is 6.40. The Morgan fingerprint density at radius 3 is 1.41 bits per heavy atom. The van der Waals surface area contributed by atoms with Crippen molar-refractivity contribution in [1.82, 2.24) is 0 Å². The van der Waals surface area contributed by atoms with Crippen molar-refractivity contribution in [3.05, 3.63) is 81.9 Å². The maximum atomic E-state index is 2.61. The number of fused-ring (bicyclic) bond motifs is 2. The van der Waals surface area contributed by atoms with E-state index in [1.54, 1.807) is 43.8 Å². The van der Waals surface area contributed by atoms with Crippen LogP contribution in [-0.4, -0.2) is 8.07 Å². The highest BCUT2D eigenvalue weighted by Crippen LogP contribution is 2.55. The smallest absolute Gasteiger partial charge is 0.0655 e. The first kappa shape index (κ1) is 20.4. The van der Waals surface area contributed by atoms with Crippen molar-refractivity contribution in [2.24, 2.45) is 0 Å². The first-order valence-corrected chi connectivity index (χ1v) is 14.5. The number of hydrogen-bond acceptors (Lipinski definition) is 0. The molecule has 2 atom stereocenters. The van der Waals surface area contributed by atoms with Gasteiger partial charge in [-0.3, -0.25) is 0 Å². The monoisotopic (exact) mass is 400 g/mol. The third-order valence-corrected chi connectivity index (χ3v) is 11.3. The summed E-state index contributed by atoms with van der Waals surface area (Å²) in [6, 6.07) is 18.5. The summed E-state index contributed by atoms with van der Waals surface area (Å²) in [5.74, 6) is 1.23. The molecule has 2 aliphatic rings. The molecule has 1 heteroatoms. The molecule has 0 N–H and O–H groups in total. The summed E-state index contributed by atoms with van der Waals surface area (Å²) in [6.07, 6.45) is 5.03. The van der Waals surface area contributed by atoms with E-state index < -0.39 is 8.07 Å². The van der Waals surface area contributed by atoms with Gasteiger partial charge in [-0.2, -0.15) is 0 Å². The van der Waals surface area contributed by atoms with Crippen LogP contribution in [0.15, 0.2) is 59.7 Å². The molecule has 152 valence electrons. The van der Waals surface area contributed by atoms with Crippen LogP contribution in [0.2, 0.25) is 13.1 Å². The van der Waals surface area contributed by atoms with Gasteiger partial charge in [-0.25, -0.2) is 0 Å². The Balaban J connectivity index is 1.91. The Morgan fingerprint density at radius 2 is 1.03 bits per heavy atom. The summed E-state index contributed by atoms with van der Waals surface area (Å²) in [4.78, 5) is 0. The summed E-state index contributed by atoms with van der Waals surface area (Å²) in [5.41, 5.74) is 9.57. The molecular formula is C28H36Si. The van der Waals surface area contributed by atoms with Crippen molar-refractivity contribution >= 4 is 18.5 Å². The maximum Gasteiger partial charge on any atom is 0.113 e. The number of rotatable bonds is 6. The van der Waals surface area contributed by atoms with Crippen LogP contribution in [0.3, 0.4) is 0 Å². The van der Waals surface area contributed by atoms with E-state index in [0.717, 1.165) is 0 Å². The molecule has 0 amide bonds. The Hall–Kier alpha value is -1.86. The summed E-state index contributed by atoms with van der Waals surface area (Å²) >= 11 is 0. The zero-order chi connectivity index (χ0) is 20.8. The predicted molar refractivity (Wildman–Crippen MR) is 131 cm³/mol. The van der Waals surface area contributed by atoms with Crippen LogP contribution in [0, 0.1) is 0 Å². The van der Waals surface area contributed by atoms with E-state index in [-0.39, 0.29) is 0 Å². The molecule has 0 bridgehead atoms. The van der Waals surface area contributed by atoms with Crippen molar-refractivity contribution in [1.29, 1.82) is 0 Å². The van der Waals surface area contributed by atoms with Crippen molar-refractivity contribution in [2.45, 2.75) is 78.3 Å². The normalized spacial score (nSPS) is 21.0. The van der Waals surface area contributed by atoms with E-state index in [2.05, 4.69) is 89.3 Å². The molecule has 0 aliphatic heterocycles. The van der Waals surface area contributed by atoms with Gasteiger partial charge in [0, 0.05) is 11.8 Å². The third kappa shape index (κ3) is 3.10. The molecule has 2 unspecified atom stereocenters. The highest BCUT2D eigenvalue weighted by molar-refractivity contribution is 7.09. The van der Waals surface area contributed by atoms with Crippen LogP contribution in [-0.2, 0) is 0 Å². The number of benzene rings is 2. The van der Waals surface area contributed by atoms with Crippen LogP contribution < -0.4 is 0 Å². The summed E-state index contributed by atoms with van der Waals surface area (Å²) in [6.45, 7) is 14.7. The molecule has 0 heterocycles. The van der Waals surface area contributed by atoms with Gasteiger partial charge >= 0.3 is 0 Å². The van der Waals surface area contributed by atoms with E-state index in [1.807, 2.05) is 0 Å². The van der Waals surface area contributed by atoms with E-state index in [4.69, 9.17) is 0 Å². The lowest BCUT2D eigenvalue weighted by molar-refractivity contribution is 0.697. The standard InChI is InChI=1S/C28H36Si/c1-7-13-21-19(3)27(25-17-11-9-15-23(21)25)29(5,6)28-20(4)22(14-8-2)24-16-10-12-18-26(24)28/h9-12,15-18,21-22H,7-8,13-14H2,1-6H3. The Labute approximate surface area is 178 Å². The molecule has 0 spiro atoms. The van der Waals surface area contributed by atoms with Gasteiger partial charge in [-0.05, 0) is 59.3 Å². The van der Waals surface area contributed by atoms with Crippen molar-refractivity contribution in [2.75, 3.05) is 0 Å². The Morgan fingerprint density at radius 1 is 0.655 bits per heavy atom. The lowest BCUT2D eigenvalue weighted by Crippen LogP contribution is -2.31. The first-order valence-electron chi connectivity index (χ1n) is 11.5. The van der Waals surface area contributed by atoms with E-state index in [0.29, 0.717) is 11.8 Å². The van der Waals surface area contributed by atoms with Crippen LogP contribution in [0.1, 0.15) is 87.5 Å². The quantitative estimate of drug-likeness (QED) is 0.426. The minimum Gasteiger partial charge on any atom is -0.0655 e. The first-order chi connectivity index (χ1) is 13.9. The van der Waals surface area contributed by atoms with Crippen molar-refractivity contribution < 1.29 is 0 Å². The van der Waals surface area contributed by atoms with Gasteiger partial charge in [0.05, 0.1) is 0 Å². The zero-order valence-corrected chi connectivity index (χ0v) is 20.1. The molecule has 2 aromatic carbocycles. The average Bonchev–Trinajstić information content (AvgIpc) is 3.15. The van der Waals surface area contributed by atoms with Crippen molar-refractivity contribution in [3.63, 3.8) is 0 Å². The second kappa shape index (κ2) is 7.76. The highest BCUT2D eigenvalue weighted by Gasteiger charge is 2.44. The average molecular weight is 401 g/mol. The van der Waals surface area contributed by atoms with Crippen LogP contribution in [0.4, 0.5) is 0 Å². The maximum absolute atomic E-state index is 2.61. The Bertz CT molecular complexity index is 909. The molecule has 0 aromatic heterocycles. The molecule has 2 aromatic rings. The number of hydrogen-bond donors (Lipinski definition) is 0. The molecular weight excluding hydrogens is 364 g/mol. The number of allylic oxidation sites excluding steroid dienone is 2. The molecule has 0 nitrogen and oxygen atoms in total. The lowest BCUT2D eigenvalue weighted by atomic mass is 9.92. The van der Waals surface area contributed by atoms with E-state index >= 15 is 0 Å². The molecule has 29 heavy (non-hydrogen) atoms. The van der Waals surface area contributed by atoms with Gasteiger partial charge in [0.1, 0.15) is 8.07 Å². The largest absolute Gasteiger partial charge is 0.113 e. The second-order valence-corrected chi connectivity index (χ2v) is 13.8. The van der Waals surface area contributed by atoms with Gasteiger partial charge < -0.3 is 0 Å². The highest BCUT2D eigenvalue weighted by atomic mass is 28.3. The van der Waals surface area contributed by atoms with Gasteiger partial charge in [-0.15, -0.1) is 0 Å². The zero-order valence-electron chi connectivity index (χ0n) is 19.1. The van der Waals surface area contributed by atoms with Crippen LogP contribution in [0.5, 0.6) is 0 Å². The SMILES string of the molecule is CCCC1C(C)=C([Si](C)(C)C2=C(C)C(CCC)c3ccccc32)c2ccccc21. The van der Waals surface area contributed by atoms with Crippen LogP contribution in [0.25, 0.3) is 10.4 Å². The molecule has 2 aliphatic carbocycles. The molecule has 4 rings (SSSR count). The topological polar surface area (TPSA) is 0 Å². The minimum atomic E-state index is -1.85. The van der Waals surface area contributed by atoms with Crippen LogP contribution >= 0.6 is 0 Å². The summed E-state index contributed by atoms with van der Waals surface area (Å²) in [7, 11) is -1.85. The molecule has 0 saturated carbocycles. The fourth-order valence-corrected chi connectivity index (χ4v) is 10.8. The minimum absolute atomic E-state index is 0.613. The molecule has 0 fully saturated rings. The van der Waals surface area contributed by atoms with Crippen molar-refractivity contribution in [3.8, 4) is 0 Å². The van der Waals surface area contributed by atoms with Gasteiger partial charge in [0.15, 0.2) is 0 Å². The summed E-state index contributed by atoms with van der Waals surface area (Å²) in [5, 5.41) is 3.43. The second-order valence-electron chi connectivity index (χ2n) is 9.60. The Kier molecular flexibility index (Phi) is 5.46. The summed E-state index contributed by atoms with van der Waals surface area (Å²) < 4.78 is 0. The van der Waals surface area contributed by atoms with E-state index in [1.165, 1.54) is 25.7 Å². The van der Waals surface area contributed by atoms with Gasteiger partial charge in [0.25, 0.3) is 0 Å². The van der Waals surface area contributed by atoms with Gasteiger partial charge in [-0.1, -0.05) is 99.5 Å².